The molecule has 0 saturated carbocycles. The largest absolute Gasteiger partial charge is 0.489 e. The number of aromatic nitrogens is 2. The van der Waals surface area contributed by atoms with E-state index in [9.17, 15) is 8.42 Å². The molecule has 0 saturated heterocycles. The normalized spacial score (nSPS) is 13.0. The Morgan fingerprint density at radius 2 is 2.00 bits per heavy atom. The molecule has 0 aliphatic rings. The van der Waals surface area contributed by atoms with Gasteiger partial charge in [0.25, 0.3) is 0 Å². The van der Waals surface area contributed by atoms with Crippen molar-refractivity contribution in [1.82, 2.24) is 9.78 Å². The summed E-state index contributed by atoms with van der Waals surface area (Å²) in [5.74, 6) is 0.622. The first-order valence-corrected chi connectivity index (χ1v) is 7.68. The van der Waals surface area contributed by atoms with Gasteiger partial charge in [0.15, 0.2) is 15.6 Å². The second-order valence-corrected chi connectivity index (χ2v) is 8.39. The maximum atomic E-state index is 11.9. The average molecular weight is 274 g/mol. The molecule has 1 aromatic rings. The van der Waals surface area contributed by atoms with Crippen molar-refractivity contribution in [3.8, 4) is 5.75 Å². The van der Waals surface area contributed by atoms with E-state index < -0.39 is 14.6 Å². The minimum atomic E-state index is -3.13. The molecule has 6 heteroatoms. The van der Waals surface area contributed by atoms with E-state index in [0.29, 0.717) is 5.75 Å². The number of nitrogens with zero attached hydrogens (tertiary/aromatic N) is 2. The van der Waals surface area contributed by atoms with Gasteiger partial charge >= 0.3 is 0 Å². The molecular weight excluding hydrogens is 252 g/mol. The van der Waals surface area contributed by atoms with Crippen LogP contribution in [0.2, 0.25) is 0 Å². The summed E-state index contributed by atoms with van der Waals surface area (Å²) in [5, 5.41) is 4.12. The number of hydrogen-bond donors (Lipinski definition) is 0. The molecular formula is C12H22N2O3S. The molecule has 0 atom stereocenters. The summed E-state index contributed by atoms with van der Waals surface area (Å²) in [7, 11) is -3.13. The van der Waals surface area contributed by atoms with Crippen molar-refractivity contribution >= 4 is 9.84 Å². The SMILES string of the molecule is CC(C)n1cc(OCCS(=O)(=O)C(C)(C)C)cn1. The minimum Gasteiger partial charge on any atom is -0.489 e. The summed E-state index contributed by atoms with van der Waals surface area (Å²) in [6.07, 6.45) is 3.37. The molecule has 18 heavy (non-hydrogen) atoms. The number of ether oxygens (including phenoxy) is 1. The molecule has 104 valence electrons. The predicted molar refractivity (Wildman–Crippen MR) is 71.6 cm³/mol. The molecule has 0 aliphatic heterocycles. The molecule has 0 spiro atoms. The Labute approximate surface area is 109 Å². The van der Waals surface area contributed by atoms with Crippen LogP contribution in [0.25, 0.3) is 0 Å². The highest BCUT2D eigenvalue weighted by Gasteiger charge is 2.28. The van der Waals surface area contributed by atoms with E-state index in [1.807, 2.05) is 13.8 Å². The van der Waals surface area contributed by atoms with Gasteiger partial charge in [0.1, 0.15) is 6.61 Å². The van der Waals surface area contributed by atoms with Crippen LogP contribution in [0.3, 0.4) is 0 Å². The summed E-state index contributed by atoms with van der Waals surface area (Å²) in [6.45, 7) is 9.27. The van der Waals surface area contributed by atoms with Crippen molar-refractivity contribution < 1.29 is 13.2 Å². The van der Waals surface area contributed by atoms with E-state index in [-0.39, 0.29) is 18.4 Å². The quantitative estimate of drug-likeness (QED) is 0.824. The number of sulfone groups is 1. The van der Waals surface area contributed by atoms with Gasteiger partial charge in [-0.2, -0.15) is 5.10 Å². The first kappa shape index (κ1) is 15.0. The zero-order valence-electron chi connectivity index (χ0n) is 11.7. The smallest absolute Gasteiger partial charge is 0.158 e. The van der Waals surface area contributed by atoms with Gasteiger partial charge in [-0.3, -0.25) is 4.68 Å². The van der Waals surface area contributed by atoms with Gasteiger partial charge in [-0.1, -0.05) is 0 Å². The van der Waals surface area contributed by atoms with Crippen molar-refractivity contribution in [2.75, 3.05) is 12.4 Å². The minimum absolute atomic E-state index is 0.0172. The Morgan fingerprint density at radius 1 is 1.39 bits per heavy atom. The van der Waals surface area contributed by atoms with Crippen molar-refractivity contribution in [2.45, 2.75) is 45.4 Å². The number of rotatable bonds is 5. The fraction of sp³-hybridized carbons (Fsp3) is 0.750. The van der Waals surface area contributed by atoms with Crippen LogP contribution in [0.15, 0.2) is 12.4 Å². The van der Waals surface area contributed by atoms with Crippen LogP contribution >= 0.6 is 0 Å². The van der Waals surface area contributed by atoms with E-state index in [4.69, 9.17) is 4.74 Å². The van der Waals surface area contributed by atoms with Gasteiger partial charge in [-0.25, -0.2) is 8.42 Å². The summed E-state index contributed by atoms with van der Waals surface area (Å²) in [6, 6.07) is 0.264. The third-order valence-electron chi connectivity index (χ3n) is 2.66. The lowest BCUT2D eigenvalue weighted by molar-refractivity contribution is 0.338. The molecule has 0 aromatic carbocycles. The Morgan fingerprint density at radius 3 is 2.44 bits per heavy atom. The van der Waals surface area contributed by atoms with Crippen LogP contribution in [-0.2, 0) is 9.84 Å². The van der Waals surface area contributed by atoms with Gasteiger partial charge in [0.2, 0.25) is 0 Å². The molecule has 0 bridgehead atoms. The monoisotopic (exact) mass is 274 g/mol. The van der Waals surface area contributed by atoms with Crippen LogP contribution in [0.5, 0.6) is 5.75 Å². The van der Waals surface area contributed by atoms with Gasteiger partial charge in [-0.05, 0) is 34.6 Å². The van der Waals surface area contributed by atoms with E-state index in [1.54, 1.807) is 37.8 Å². The zero-order valence-corrected chi connectivity index (χ0v) is 12.5. The van der Waals surface area contributed by atoms with Crippen LogP contribution < -0.4 is 4.74 Å². The lowest BCUT2D eigenvalue weighted by Gasteiger charge is -2.18. The van der Waals surface area contributed by atoms with Crippen LogP contribution in [0.1, 0.15) is 40.7 Å². The third-order valence-corrected chi connectivity index (χ3v) is 5.23. The first-order valence-electron chi connectivity index (χ1n) is 6.03. The summed E-state index contributed by atoms with van der Waals surface area (Å²) in [5.41, 5.74) is 0. The van der Waals surface area contributed by atoms with E-state index in [1.165, 1.54) is 0 Å². The second-order valence-electron chi connectivity index (χ2n) is 5.53. The molecule has 1 rings (SSSR count). The summed E-state index contributed by atoms with van der Waals surface area (Å²) in [4.78, 5) is 0. The molecule has 0 unspecified atom stereocenters. The van der Waals surface area contributed by atoms with Crippen LogP contribution in [-0.4, -0.2) is 35.3 Å². The average Bonchev–Trinajstić information content (AvgIpc) is 2.64. The fourth-order valence-corrected chi connectivity index (χ4v) is 2.17. The summed E-state index contributed by atoms with van der Waals surface area (Å²) < 4.78 is 30.1. The third kappa shape index (κ3) is 3.73. The molecule has 0 fully saturated rings. The highest BCUT2D eigenvalue weighted by Crippen LogP contribution is 2.17. The second kappa shape index (κ2) is 5.30. The number of hydrogen-bond acceptors (Lipinski definition) is 4. The Bertz CT molecular complexity index is 484. The Kier molecular flexibility index (Phi) is 4.42. The van der Waals surface area contributed by atoms with E-state index >= 15 is 0 Å². The first-order chi connectivity index (χ1) is 8.13. The molecule has 1 heterocycles. The highest BCUT2D eigenvalue weighted by molar-refractivity contribution is 7.92. The molecule has 5 nitrogen and oxygen atoms in total. The van der Waals surface area contributed by atoms with Crippen LogP contribution in [0.4, 0.5) is 0 Å². The van der Waals surface area contributed by atoms with Gasteiger partial charge in [0, 0.05) is 6.04 Å². The molecule has 0 radical (unpaired) electrons. The topological polar surface area (TPSA) is 61.2 Å². The molecule has 0 aliphatic carbocycles. The summed E-state index contributed by atoms with van der Waals surface area (Å²) >= 11 is 0. The molecule has 0 amide bonds. The predicted octanol–water partition coefficient (Wildman–Crippen LogP) is 2.06. The molecule has 0 N–H and O–H groups in total. The molecule has 1 aromatic heterocycles. The maximum Gasteiger partial charge on any atom is 0.158 e. The van der Waals surface area contributed by atoms with Crippen molar-refractivity contribution in [2.24, 2.45) is 0 Å². The zero-order chi connectivity index (χ0) is 14.0. The lowest BCUT2D eigenvalue weighted by Crippen LogP contribution is -2.32. The van der Waals surface area contributed by atoms with Crippen LogP contribution in [0, 0.1) is 0 Å². The van der Waals surface area contributed by atoms with Crippen molar-refractivity contribution in [3.63, 3.8) is 0 Å². The van der Waals surface area contributed by atoms with Crippen molar-refractivity contribution in [1.29, 1.82) is 0 Å². The Hall–Kier alpha value is -1.04. The maximum absolute atomic E-state index is 11.9. The standard InChI is InChI=1S/C12H22N2O3S/c1-10(2)14-9-11(8-13-14)17-6-7-18(15,16)12(3,4)5/h8-10H,6-7H2,1-5H3. The highest BCUT2D eigenvalue weighted by atomic mass is 32.2. The van der Waals surface area contributed by atoms with E-state index in [0.717, 1.165) is 0 Å². The van der Waals surface area contributed by atoms with E-state index in [2.05, 4.69) is 5.10 Å². The fourth-order valence-electron chi connectivity index (χ4n) is 1.25. The van der Waals surface area contributed by atoms with Gasteiger partial charge in [0.05, 0.1) is 22.9 Å². The van der Waals surface area contributed by atoms with Gasteiger partial charge in [-0.15, -0.1) is 0 Å². The lowest BCUT2D eigenvalue weighted by atomic mass is 10.3. The van der Waals surface area contributed by atoms with Gasteiger partial charge < -0.3 is 4.74 Å². The Balaban J connectivity index is 2.52. The van der Waals surface area contributed by atoms with Crippen molar-refractivity contribution in [3.05, 3.63) is 12.4 Å².